The number of fused-ring (bicyclic) bond motifs is 9. The first-order chi connectivity index (χ1) is 32.2. The van der Waals surface area contributed by atoms with Crippen LogP contribution in [0.5, 0.6) is 0 Å². The summed E-state index contributed by atoms with van der Waals surface area (Å²) < 4.78 is 6.67. The largest absolute Gasteiger partial charge is 0.456 e. The van der Waals surface area contributed by atoms with Crippen molar-refractivity contribution in [2.75, 3.05) is 4.90 Å². The molecular weight excluding hydrogens is 787 g/mol. The molecule has 0 spiro atoms. The zero-order valence-electron chi connectivity index (χ0n) is 35.5. The third-order valence-electron chi connectivity index (χ3n) is 13.7. The average Bonchev–Trinajstić information content (AvgIpc) is 3.91. The van der Waals surface area contributed by atoms with E-state index in [1.807, 2.05) is 0 Å². The fourth-order valence-corrected chi connectivity index (χ4v) is 10.9. The van der Waals surface area contributed by atoms with E-state index in [1.54, 1.807) is 0 Å². The molecule has 0 unspecified atom stereocenters. The quantitative estimate of drug-likeness (QED) is 0.149. The Morgan fingerprint density at radius 3 is 1.72 bits per heavy atom. The fraction of sp³-hybridized carbons (Fsp3) is 0.0159. The van der Waals surface area contributed by atoms with Gasteiger partial charge in [0.05, 0.1) is 11.1 Å². The number of rotatable bonds is 7. The molecule has 0 aliphatic heterocycles. The zero-order valence-corrected chi connectivity index (χ0v) is 35.5. The molecule has 0 saturated carbocycles. The topological polar surface area (TPSA) is 16.4 Å². The molecule has 2 nitrogen and oxygen atoms in total. The molecule has 12 aromatic rings. The van der Waals surface area contributed by atoms with Crippen LogP contribution in [0.4, 0.5) is 17.1 Å². The smallest absolute Gasteiger partial charge is 0.136 e. The highest BCUT2D eigenvalue weighted by Crippen LogP contribution is 2.57. The highest BCUT2D eigenvalue weighted by molar-refractivity contribution is 6.18. The van der Waals surface area contributed by atoms with Gasteiger partial charge in [-0.15, -0.1) is 0 Å². The van der Waals surface area contributed by atoms with Crippen LogP contribution in [0.15, 0.2) is 253 Å². The lowest BCUT2D eigenvalue weighted by Crippen LogP contribution is -2.28. The minimum atomic E-state index is -0.554. The molecule has 65 heavy (non-hydrogen) atoms. The summed E-state index contributed by atoms with van der Waals surface area (Å²) in [5.74, 6) is 0. The molecule has 2 heteroatoms. The van der Waals surface area contributed by atoms with Crippen molar-refractivity contribution in [3.05, 3.63) is 271 Å². The Balaban J connectivity index is 1.10. The number of benzene rings is 11. The first-order valence-electron chi connectivity index (χ1n) is 22.4. The molecule has 13 rings (SSSR count). The van der Waals surface area contributed by atoms with E-state index in [-0.39, 0.29) is 0 Å². The van der Waals surface area contributed by atoms with Gasteiger partial charge >= 0.3 is 0 Å². The van der Waals surface area contributed by atoms with Crippen molar-refractivity contribution in [2.45, 2.75) is 5.41 Å². The van der Waals surface area contributed by atoms with Crippen molar-refractivity contribution in [1.82, 2.24) is 0 Å². The highest BCUT2D eigenvalue weighted by Gasteiger charge is 2.46. The van der Waals surface area contributed by atoms with Crippen molar-refractivity contribution in [3.63, 3.8) is 0 Å². The molecule has 1 heterocycles. The van der Waals surface area contributed by atoms with Crippen LogP contribution < -0.4 is 4.90 Å². The summed E-state index contributed by atoms with van der Waals surface area (Å²) in [6.07, 6.45) is 0. The number of furan rings is 1. The van der Waals surface area contributed by atoms with Crippen molar-refractivity contribution in [1.29, 1.82) is 0 Å². The van der Waals surface area contributed by atoms with Crippen LogP contribution in [-0.4, -0.2) is 0 Å². The summed E-state index contributed by atoms with van der Waals surface area (Å²) in [4.78, 5) is 2.46. The van der Waals surface area contributed by atoms with Gasteiger partial charge in [-0.1, -0.05) is 200 Å². The normalized spacial score (nSPS) is 12.7. The Bertz CT molecular complexity index is 3730. The summed E-state index contributed by atoms with van der Waals surface area (Å²) in [5, 5.41) is 7.11. The van der Waals surface area contributed by atoms with Crippen molar-refractivity contribution < 1.29 is 4.42 Å². The van der Waals surface area contributed by atoms with Gasteiger partial charge in [-0.3, -0.25) is 0 Å². The van der Waals surface area contributed by atoms with Crippen LogP contribution in [0.3, 0.4) is 0 Å². The third-order valence-corrected chi connectivity index (χ3v) is 13.7. The summed E-state index contributed by atoms with van der Waals surface area (Å²) in [7, 11) is 0. The molecule has 11 aromatic carbocycles. The van der Waals surface area contributed by atoms with E-state index >= 15 is 0 Å². The Hall–Kier alpha value is -8.46. The zero-order chi connectivity index (χ0) is 42.9. The van der Waals surface area contributed by atoms with E-state index < -0.39 is 5.41 Å². The maximum Gasteiger partial charge on any atom is 0.136 e. The van der Waals surface area contributed by atoms with Crippen LogP contribution >= 0.6 is 0 Å². The second-order valence-electron chi connectivity index (χ2n) is 17.2. The maximum absolute atomic E-state index is 6.67. The molecule has 1 aliphatic carbocycles. The Kier molecular flexibility index (Phi) is 8.47. The van der Waals surface area contributed by atoms with Crippen LogP contribution in [0.1, 0.15) is 22.3 Å². The van der Waals surface area contributed by atoms with Gasteiger partial charge in [0, 0.05) is 27.7 Å². The minimum absolute atomic E-state index is 0.554. The Morgan fingerprint density at radius 2 is 0.938 bits per heavy atom. The first-order valence-corrected chi connectivity index (χ1v) is 22.4. The van der Waals surface area contributed by atoms with Gasteiger partial charge in [-0.05, 0) is 120 Å². The summed E-state index contributed by atoms with van der Waals surface area (Å²) in [6.45, 7) is 0. The molecular formula is C63H41NO. The second-order valence-corrected chi connectivity index (χ2v) is 17.2. The molecule has 0 amide bonds. The number of anilines is 3. The van der Waals surface area contributed by atoms with Crippen molar-refractivity contribution >= 4 is 60.5 Å². The molecule has 0 atom stereocenters. The molecule has 0 radical (unpaired) electrons. The van der Waals surface area contributed by atoms with Crippen LogP contribution in [0.25, 0.3) is 76.9 Å². The lowest BCUT2D eigenvalue weighted by Gasteiger charge is -2.35. The van der Waals surface area contributed by atoms with Gasteiger partial charge in [0.25, 0.3) is 0 Å². The first kappa shape index (κ1) is 37.1. The van der Waals surface area contributed by atoms with E-state index in [9.17, 15) is 0 Å². The van der Waals surface area contributed by atoms with Gasteiger partial charge in [-0.2, -0.15) is 0 Å². The highest BCUT2D eigenvalue weighted by atomic mass is 16.3. The average molecular weight is 828 g/mol. The fourth-order valence-electron chi connectivity index (χ4n) is 10.9. The van der Waals surface area contributed by atoms with Crippen LogP contribution in [0, 0.1) is 0 Å². The van der Waals surface area contributed by atoms with E-state index in [2.05, 4.69) is 254 Å². The van der Waals surface area contributed by atoms with Gasteiger partial charge in [0.15, 0.2) is 0 Å². The van der Waals surface area contributed by atoms with Gasteiger partial charge in [0.2, 0.25) is 0 Å². The molecule has 1 aliphatic rings. The van der Waals surface area contributed by atoms with Gasteiger partial charge < -0.3 is 9.32 Å². The number of nitrogens with zero attached hydrogens (tertiary/aromatic N) is 1. The van der Waals surface area contributed by atoms with Gasteiger partial charge in [0.1, 0.15) is 11.2 Å². The SMILES string of the molecule is c1ccc(-c2ccc(N(c3cccc(C4(c5ccccc5)c5ccccc5-c5ccccc54)c3)c3ccc4oc5ccccc5c4c3-c3ccc4c(ccc5ccccc54)c3)cc2)cc1. The van der Waals surface area contributed by atoms with Crippen molar-refractivity contribution in [2.24, 2.45) is 0 Å². The predicted octanol–water partition coefficient (Wildman–Crippen LogP) is 17.1. The van der Waals surface area contributed by atoms with Gasteiger partial charge in [-0.25, -0.2) is 0 Å². The number of para-hydroxylation sites is 1. The monoisotopic (exact) mass is 827 g/mol. The van der Waals surface area contributed by atoms with E-state index in [0.717, 1.165) is 50.1 Å². The molecule has 0 fully saturated rings. The molecule has 0 N–H and O–H groups in total. The lowest BCUT2D eigenvalue weighted by atomic mass is 9.67. The van der Waals surface area contributed by atoms with E-state index in [1.165, 1.54) is 66.1 Å². The third kappa shape index (κ3) is 5.74. The van der Waals surface area contributed by atoms with Crippen molar-refractivity contribution in [3.8, 4) is 33.4 Å². The molecule has 304 valence electrons. The van der Waals surface area contributed by atoms with Crippen LogP contribution in [0.2, 0.25) is 0 Å². The lowest BCUT2D eigenvalue weighted by molar-refractivity contribution is 0.669. The molecule has 0 bridgehead atoms. The van der Waals surface area contributed by atoms with E-state index in [4.69, 9.17) is 4.42 Å². The predicted molar refractivity (Wildman–Crippen MR) is 272 cm³/mol. The Morgan fingerprint density at radius 1 is 0.338 bits per heavy atom. The van der Waals surface area contributed by atoms with Crippen LogP contribution in [-0.2, 0) is 5.41 Å². The Labute approximate surface area is 377 Å². The van der Waals surface area contributed by atoms with E-state index in [0.29, 0.717) is 0 Å². The second kappa shape index (κ2) is 14.8. The summed E-state index contributed by atoms with van der Waals surface area (Å²) in [5.41, 5.74) is 16.5. The standard InChI is InChI=1S/C63H41NO/c1-3-16-42(17-4-1)43-32-35-49(36-33-43)64(50-22-15-21-48(41-50)63(47-19-5-2-6-20-47)56-27-12-9-24-53(56)54-25-10-13-28-57(54)63)58-38-39-60-62(55-26-11-14-29-59(55)65-60)61(58)46-34-37-52-45(40-46)31-30-44-18-7-8-23-51(44)52/h1-41H. The summed E-state index contributed by atoms with van der Waals surface area (Å²) in [6, 6.07) is 91.0. The maximum atomic E-state index is 6.67. The molecule has 1 aromatic heterocycles. The number of hydrogen-bond donors (Lipinski definition) is 0. The molecule has 0 saturated heterocycles. The number of hydrogen-bond acceptors (Lipinski definition) is 2. The minimum Gasteiger partial charge on any atom is -0.456 e. The summed E-state index contributed by atoms with van der Waals surface area (Å²) >= 11 is 0.